The van der Waals surface area contributed by atoms with E-state index in [1.807, 2.05) is 0 Å². The van der Waals surface area contributed by atoms with E-state index in [4.69, 9.17) is 0 Å². The molecule has 0 saturated heterocycles. The number of amides is 1. The van der Waals surface area contributed by atoms with Crippen LogP contribution in [0.15, 0.2) is 34.9 Å². The second kappa shape index (κ2) is 7.18. The average Bonchev–Trinajstić information content (AvgIpc) is 3.13. The van der Waals surface area contributed by atoms with Crippen molar-refractivity contribution in [2.75, 3.05) is 5.32 Å². The number of hydrogen-bond donors (Lipinski definition) is 2. The molecule has 2 aromatic heterocycles. The Morgan fingerprint density at radius 2 is 2.07 bits per heavy atom. The predicted molar refractivity (Wildman–Crippen MR) is 96.5 cm³/mol. The van der Waals surface area contributed by atoms with Crippen LogP contribution in [0.5, 0.6) is 0 Å². The van der Waals surface area contributed by atoms with Gasteiger partial charge in [-0.1, -0.05) is 12.1 Å². The minimum atomic E-state index is -4.40. The van der Waals surface area contributed by atoms with Crippen molar-refractivity contribution >= 4 is 27.5 Å². The van der Waals surface area contributed by atoms with Gasteiger partial charge in [0, 0.05) is 0 Å². The Hall–Kier alpha value is -2.62. The molecule has 0 unspecified atom stereocenters. The fraction of sp³-hybridized carbons (Fsp3) is 0.235. The highest BCUT2D eigenvalue weighted by atomic mass is 79.9. The Balaban J connectivity index is 1.84. The minimum absolute atomic E-state index is 0.153. The number of aromatic nitrogens is 4. The molecule has 0 spiro atoms. The van der Waals surface area contributed by atoms with Gasteiger partial charge in [0.1, 0.15) is 5.69 Å². The monoisotopic (exact) mass is 441 g/mol. The molecule has 0 atom stereocenters. The van der Waals surface area contributed by atoms with Gasteiger partial charge in [0.05, 0.1) is 39.9 Å². The second-order valence-electron chi connectivity index (χ2n) is 5.95. The number of H-pyrrole nitrogens is 1. The van der Waals surface area contributed by atoms with E-state index in [-0.39, 0.29) is 12.2 Å². The van der Waals surface area contributed by atoms with E-state index in [1.54, 1.807) is 24.6 Å². The lowest BCUT2D eigenvalue weighted by Gasteiger charge is -2.10. The van der Waals surface area contributed by atoms with Crippen LogP contribution < -0.4 is 5.32 Å². The number of carbonyl (C=O) groups excluding carboxylic acids is 1. The molecule has 6 nitrogen and oxygen atoms in total. The highest BCUT2D eigenvalue weighted by molar-refractivity contribution is 9.10. The number of aryl methyl sites for hydroxylation is 1. The maximum absolute atomic E-state index is 12.9. The van der Waals surface area contributed by atoms with Crippen molar-refractivity contribution in [3.63, 3.8) is 0 Å². The van der Waals surface area contributed by atoms with Crippen molar-refractivity contribution < 1.29 is 18.0 Å². The maximum atomic E-state index is 12.9. The lowest BCUT2D eigenvalue weighted by atomic mass is 10.1. The molecule has 1 aromatic carbocycles. The summed E-state index contributed by atoms with van der Waals surface area (Å²) in [6.45, 7) is 3.61. The summed E-state index contributed by atoms with van der Waals surface area (Å²) in [5.41, 5.74) is 1.72. The van der Waals surface area contributed by atoms with Gasteiger partial charge < -0.3 is 5.32 Å². The first kappa shape index (κ1) is 19.2. The van der Waals surface area contributed by atoms with Crippen LogP contribution in [0.3, 0.4) is 0 Å². The molecule has 3 rings (SSSR count). The SMILES string of the molecule is Cc1nn(Cc2cccc(C(F)(F)F)c2)c(C)c1NC(=O)c1[nH]ncc1Br. The number of rotatable bonds is 4. The topological polar surface area (TPSA) is 75.6 Å². The molecule has 0 aliphatic rings. The molecule has 0 aliphatic heterocycles. The van der Waals surface area contributed by atoms with Gasteiger partial charge in [0.15, 0.2) is 0 Å². The predicted octanol–water partition coefficient (Wildman–Crippen LogP) is 4.30. The molecule has 0 saturated carbocycles. The maximum Gasteiger partial charge on any atom is 0.416 e. The molecular formula is C17H15BrF3N5O. The molecule has 2 heterocycles. The summed E-state index contributed by atoms with van der Waals surface area (Å²) in [4.78, 5) is 12.3. The number of nitrogens with zero attached hydrogens (tertiary/aromatic N) is 3. The van der Waals surface area contributed by atoms with Crippen LogP contribution in [0.25, 0.3) is 0 Å². The van der Waals surface area contributed by atoms with Crippen LogP contribution in [0.2, 0.25) is 0 Å². The Morgan fingerprint density at radius 1 is 1.33 bits per heavy atom. The molecule has 27 heavy (non-hydrogen) atoms. The van der Waals surface area contributed by atoms with Crippen molar-refractivity contribution in [2.45, 2.75) is 26.6 Å². The Kier molecular flexibility index (Phi) is 5.09. The van der Waals surface area contributed by atoms with Crippen molar-refractivity contribution in [1.29, 1.82) is 0 Å². The zero-order valence-electron chi connectivity index (χ0n) is 14.4. The average molecular weight is 442 g/mol. The molecule has 0 aliphatic carbocycles. The van der Waals surface area contributed by atoms with Crippen LogP contribution in [-0.4, -0.2) is 25.9 Å². The van der Waals surface area contributed by atoms with Gasteiger partial charge in [-0.15, -0.1) is 0 Å². The lowest BCUT2D eigenvalue weighted by molar-refractivity contribution is -0.137. The smallest absolute Gasteiger partial charge is 0.317 e. The quantitative estimate of drug-likeness (QED) is 0.633. The van der Waals surface area contributed by atoms with E-state index >= 15 is 0 Å². The van der Waals surface area contributed by atoms with Gasteiger partial charge in [-0.3, -0.25) is 14.6 Å². The van der Waals surface area contributed by atoms with Crippen LogP contribution >= 0.6 is 15.9 Å². The fourth-order valence-corrected chi connectivity index (χ4v) is 3.03. The third kappa shape index (κ3) is 4.05. The molecule has 10 heteroatoms. The number of carbonyl (C=O) groups is 1. The standard InChI is InChI=1S/C17H15BrF3N5O/c1-9-14(23-16(27)15-13(18)7-22-24-15)10(2)26(25-9)8-11-4-3-5-12(6-11)17(19,20)21/h3-7H,8H2,1-2H3,(H,22,24)(H,23,27). The lowest BCUT2D eigenvalue weighted by Crippen LogP contribution is -2.14. The van der Waals surface area contributed by atoms with Crippen LogP contribution in [-0.2, 0) is 12.7 Å². The highest BCUT2D eigenvalue weighted by Crippen LogP contribution is 2.30. The minimum Gasteiger partial charge on any atom is -0.317 e. The van der Waals surface area contributed by atoms with Crippen LogP contribution in [0.1, 0.15) is 33.0 Å². The van der Waals surface area contributed by atoms with E-state index in [0.29, 0.717) is 27.1 Å². The number of nitrogens with one attached hydrogen (secondary N) is 2. The van der Waals surface area contributed by atoms with Gasteiger partial charge in [0.2, 0.25) is 0 Å². The number of halogens is 4. The first-order valence-corrected chi connectivity index (χ1v) is 8.66. The number of benzene rings is 1. The first-order chi connectivity index (χ1) is 12.7. The van der Waals surface area contributed by atoms with Crippen molar-refractivity contribution in [1.82, 2.24) is 20.0 Å². The van der Waals surface area contributed by atoms with Crippen molar-refractivity contribution in [2.24, 2.45) is 0 Å². The Morgan fingerprint density at radius 3 is 2.70 bits per heavy atom. The number of aromatic amines is 1. The van der Waals surface area contributed by atoms with Crippen molar-refractivity contribution in [3.8, 4) is 0 Å². The van der Waals surface area contributed by atoms with E-state index < -0.39 is 17.6 Å². The van der Waals surface area contributed by atoms with Crippen molar-refractivity contribution in [3.05, 3.63) is 63.1 Å². The van der Waals surface area contributed by atoms with E-state index in [9.17, 15) is 18.0 Å². The summed E-state index contributed by atoms with van der Waals surface area (Å²) < 4.78 is 40.7. The molecule has 2 N–H and O–H groups in total. The normalized spacial score (nSPS) is 11.6. The molecule has 1 amide bonds. The third-order valence-corrected chi connectivity index (χ3v) is 4.63. The van der Waals surface area contributed by atoms with Gasteiger partial charge in [0.25, 0.3) is 5.91 Å². The number of alkyl halides is 3. The zero-order chi connectivity index (χ0) is 19.8. The largest absolute Gasteiger partial charge is 0.416 e. The number of anilines is 1. The fourth-order valence-electron chi connectivity index (χ4n) is 2.66. The first-order valence-electron chi connectivity index (χ1n) is 7.87. The third-order valence-electron chi connectivity index (χ3n) is 4.03. The summed E-state index contributed by atoms with van der Waals surface area (Å²) in [5.74, 6) is -0.399. The molecule has 142 valence electrons. The van der Waals surface area contributed by atoms with Gasteiger partial charge >= 0.3 is 6.18 Å². The van der Waals surface area contributed by atoms with Crippen LogP contribution in [0.4, 0.5) is 18.9 Å². The molecule has 0 radical (unpaired) electrons. The summed E-state index contributed by atoms with van der Waals surface area (Å²) in [5, 5.41) is 13.5. The zero-order valence-corrected chi connectivity index (χ0v) is 15.9. The Labute approximate surface area is 160 Å². The van der Waals surface area contributed by atoms with E-state index in [0.717, 1.165) is 12.1 Å². The molecule has 0 fully saturated rings. The van der Waals surface area contributed by atoms with Gasteiger partial charge in [-0.2, -0.15) is 23.4 Å². The molecule has 0 bridgehead atoms. The van der Waals surface area contributed by atoms with Gasteiger partial charge in [-0.25, -0.2) is 0 Å². The number of hydrogen-bond acceptors (Lipinski definition) is 3. The van der Waals surface area contributed by atoms with Crippen LogP contribution in [0, 0.1) is 13.8 Å². The summed E-state index contributed by atoms with van der Waals surface area (Å²) in [7, 11) is 0. The Bertz CT molecular complexity index is 993. The van der Waals surface area contributed by atoms with E-state index in [1.165, 1.54) is 12.3 Å². The highest BCUT2D eigenvalue weighted by Gasteiger charge is 2.30. The molecule has 3 aromatic rings. The summed E-state index contributed by atoms with van der Waals surface area (Å²) in [6, 6.07) is 5.09. The second-order valence-corrected chi connectivity index (χ2v) is 6.80. The summed E-state index contributed by atoms with van der Waals surface area (Å²) in [6.07, 6.45) is -2.94. The van der Waals surface area contributed by atoms with E-state index in [2.05, 4.69) is 36.5 Å². The summed E-state index contributed by atoms with van der Waals surface area (Å²) >= 11 is 3.22. The van der Waals surface area contributed by atoms with Gasteiger partial charge in [-0.05, 0) is 47.5 Å². The molecular weight excluding hydrogens is 427 g/mol.